The van der Waals surface area contributed by atoms with E-state index in [4.69, 9.17) is 4.74 Å². The fourth-order valence-corrected chi connectivity index (χ4v) is 2.90. The fraction of sp³-hybridized carbons (Fsp3) is 0.444. The van der Waals surface area contributed by atoms with Crippen molar-refractivity contribution in [2.45, 2.75) is 38.2 Å². The van der Waals surface area contributed by atoms with E-state index in [1.54, 1.807) is 16.9 Å². The number of unbranched alkanes of at least 4 members (excludes halogenated alkanes) is 1. The highest BCUT2D eigenvalue weighted by molar-refractivity contribution is 5.88. The normalized spacial score (nSPS) is 16.9. The molecule has 24 heavy (non-hydrogen) atoms. The highest BCUT2D eigenvalue weighted by Crippen LogP contribution is 2.17. The lowest BCUT2D eigenvalue weighted by Gasteiger charge is -2.11. The van der Waals surface area contributed by atoms with Gasteiger partial charge in [-0.3, -0.25) is 5.32 Å². The molecule has 6 heteroatoms. The first-order valence-corrected chi connectivity index (χ1v) is 8.59. The molecular weight excluding hydrogens is 304 g/mol. The average Bonchev–Trinajstić information content (AvgIpc) is 3.27. The molecule has 0 aliphatic carbocycles. The van der Waals surface area contributed by atoms with E-state index in [1.807, 2.05) is 30.3 Å². The van der Waals surface area contributed by atoms with Gasteiger partial charge in [-0.05, 0) is 44.2 Å². The number of rotatable bonds is 7. The van der Waals surface area contributed by atoms with Crippen LogP contribution in [-0.4, -0.2) is 35.1 Å². The molecule has 1 aromatic heterocycles. The highest BCUT2D eigenvalue weighted by atomic mass is 16.5. The lowest BCUT2D eigenvalue weighted by Crippen LogP contribution is -2.30. The molecule has 1 fully saturated rings. The number of benzene rings is 1. The summed E-state index contributed by atoms with van der Waals surface area (Å²) in [4.78, 5) is 12.0. The molecule has 1 aromatic carbocycles. The molecule has 2 N–H and O–H groups in total. The van der Waals surface area contributed by atoms with E-state index in [0.717, 1.165) is 31.6 Å². The Morgan fingerprint density at radius 1 is 1.25 bits per heavy atom. The van der Waals surface area contributed by atoms with E-state index in [1.165, 1.54) is 12.8 Å². The van der Waals surface area contributed by atoms with Gasteiger partial charge in [0.05, 0.1) is 18.0 Å². The van der Waals surface area contributed by atoms with Crippen molar-refractivity contribution < 1.29 is 9.53 Å². The summed E-state index contributed by atoms with van der Waals surface area (Å²) in [6, 6.07) is 11.3. The smallest absolute Gasteiger partial charge is 0.320 e. The van der Waals surface area contributed by atoms with Gasteiger partial charge in [0, 0.05) is 19.2 Å². The van der Waals surface area contributed by atoms with Crippen molar-refractivity contribution in [3.8, 4) is 5.69 Å². The van der Waals surface area contributed by atoms with E-state index < -0.39 is 0 Å². The first kappa shape index (κ1) is 16.5. The standard InChI is InChI=1S/C18H24N4O2/c23-18(19-12-5-4-9-16-10-6-14-24-16)21-17-11-13-20-22(17)15-7-2-1-3-8-15/h1-3,7-8,11,13,16H,4-6,9-10,12,14H2,(H2,19,21,23)/t16-/m0/s1. The zero-order chi connectivity index (χ0) is 16.6. The second-order valence-corrected chi connectivity index (χ2v) is 5.98. The number of carbonyl (C=O) groups is 1. The van der Waals surface area contributed by atoms with Gasteiger partial charge in [0.25, 0.3) is 0 Å². The Hall–Kier alpha value is -2.34. The van der Waals surface area contributed by atoms with Crippen LogP contribution in [0.2, 0.25) is 0 Å². The van der Waals surface area contributed by atoms with Gasteiger partial charge in [-0.15, -0.1) is 0 Å². The second-order valence-electron chi connectivity index (χ2n) is 5.98. The Morgan fingerprint density at radius 2 is 2.12 bits per heavy atom. The molecule has 0 saturated carbocycles. The van der Waals surface area contributed by atoms with Gasteiger partial charge in [0.15, 0.2) is 0 Å². The molecule has 2 amide bonds. The van der Waals surface area contributed by atoms with Crippen molar-refractivity contribution in [3.63, 3.8) is 0 Å². The maximum absolute atomic E-state index is 12.0. The number of anilines is 1. The third kappa shape index (κ3) is 4.58. The van der Waals surface area contributed by atoms with Crippen LogP contribution in [-0.2, 0) is 4.74 Å². The molecule has 128 valence electrons. The van der Waals surface area contributed by atoms with Crippen molar-refractivity contribution in [2.24, 2.45) is 0 Å². The number of carbonyl (C=O) groups excluding carboxylic acids is 1. The van der Waals surface area contributed by atoms with Gasteiger partial charge in [-0.1, -0.05) is 18.2 Å². The molecule has 2 aromatic rings. The predicted molar refractivity (Wildman–Crippen MR) is 93.4 cm³/mol. The van der Waals surface area contributed by atoms with Crippen molar-refractivity contribution in [3.05, 3.63) is 42.6 Å². The molecule has 0 unspecified atom stereocenters. The molecule has 6 nitrogen and oxygen atoms in total. The van der Waals surface area contributed by atoms with Gasteiger partial charge >= 0.3 is 6.03 Å². The van der Waals surface area contributed by atoms with Crippen molar-refractivity contribution in [1.82, 2.24) is 15.1 Å². The topological polar surface area (TPSA) is 68.2 Å². The van der Waals surface area contributed by atoms with Crippen LogP contribution in [0, 0.1) is 0 Å². The van der Waals surface area contributed by atoms with Crippen LogP contribution in [0.5, 0.6) is 0 Å². The Labute approximate surface area is 142 Å². The summed E-state index contributed by atoms with van der Waals surface area (Å²) in [5.74, 6) is 0.651. The molecule has 2 heterocycles. The summed E-state index contributed by atoms with van der Waals surface area (Å²) in [7, 11) is 0. The maximum atomic E-state index is 12.0. The summed E-state index contributed by atoms with van der Waals surface area (Å²) in [5, 5.41) is 9.99. The molecule has 1 atom stereocenters. The van der Waals surface area contributed by atoms with E-state index in [0.29, 0.717) is 18.5 Å². The van der Waals surface area contributed by atoms with Crippen LogP contribution in [0.25, 0.3) is 5.69 Å². The lowest BCUT2D eigenvalue weighted by molar-refractivity contribution is 0.102. The number of hydrogen-bond acceptors (Lipinski definition) is 3. The molecule has 3 rings (SSSR count). The number of nitrogens with zero attached hydrogens (tertiary/aromatic N) is 2. The van der Waals surface area contributed by atoms with Crippen LogP contribution in [0.4, 0.5) is 10.6 Å². The fourth-order valence-electron chi connectivity index (χ4n) is 2.90. The highest BCUT2D eigenvalue weighted by Gasteiger charge is 2.14. The van der Waals surface area contributed by atoms with E-state index in [9.17, 15) is 4.79 Å². The number of aromatic nitrogens is 2. The van der Waals surface area contributed by atoms with Crippen LogP contribution in [0.3, 0.4) is 0 Å². The zero-order valence-corrected chi connectivity index (χ0v) is 13.8. The molecule has 1 aliphatic rings. The Kier molecular flexibility index (Phi) is 5.85. The van der Waals surface area contributed by atoms with Gasteiger partial charge < -0.3 is 10.1 Å². The van der Waals surface area contributed by atoms with Gasteiger partial charge in [-0.2, -0.15) is 5.10 Å². The van der Waals surface area contributed by atoms with Crippen LogP contribution in [0.15, 0.2) is 42.6 Å². The monoisotopic (exact) mass is 328 g/mol. The summed E-state index contributed by atoms with van der Waals surface area (Å²) < 4.78 is 7.30. The number of amides is 2. The molecule has 0 bridgehead atoms. The summed E-state index contributed by atoms with van der Waals surface area (Å²) >= 11 is 0. The first-order chi connectivity index (χ1) is 11.8. The molecule has 1 saturated heterocycles. The third-order valence-electron chi connectivity index (χ3n) is 4.15. The van der Waals surface area contributed by atoms with Gasteiger partial charge in [0.1, 0.15) is 5.82 Å². The Bertz CT molecular complexity index is 635. The SMILES string of the molecule is O=C(NCCCC[C@H]1CCCO1)Nc1ccnn1-c1ccccc1. The number of nitrogens with one attached hydrogen (secondary N) is 2. The van der Waals surface area contributed by atoms with Crippen molar-refractivity contribution >= 4 is 11.8 Å². The maximum Gasteiger partial charge on any atom is 0.320 e. The lowest BCUT2D eigenvalue weighted by atomic mass is 10.1. The summed E-state index contributed by atoms with van der Waals surface area (Å²) in [6.45, 7) is 1.57. The first-order valence-electron chi connectivity index (χ1n) is 8.59. The van der Waals surface area contributed by atoms with E-state index >= 15 is 0 Å². The van der Waals surface area contributed by atoms with E-state index in [-0.39, 0.29) is 6.03 Å². The summed E-state index contributed by atoms with van der Waals surface area (Å²) in [5.41, 5.74) is 0.911. The molecule has 0 spiro atoms. The van der Waals surface area contributed by atoms with Crippen molar-refractivity contribution in [1.29, 1.82) is 0 Å². The minimum Gasteiger partial charge on any atom is -0.378 e. The van der Waals surface area contributed by atoms with Crippen LogP contribution >= 0.6 is 0 Å². The summed E-state index contributed by atoms with van der Waals surface area (Å²) in [6.07, 6.45) is 7.59. The van der Waals surface area contributed by atoms with Crippen LogP contribution in [0.1, 0.15) is 32.1 Å². The largest absolute Gasteiger partial charge is 0.378 e. The number of para-hydroxylation sites is 1. The average molecular weight is 328 g/mol. The van der Waals surface area contributed by atoms with Gasteiger partial charge in [-0.25, -0.2) is 9.48 Å². The Morgan fingerprint density at radius 3 is 2.92 bits per heavy atom. The Balaban J connectivity index is 1.40. The minimum absolute atomic E-state index is 0.204. The molecular formula is C18H24N4O2. The van der Waals surface area contributed by atoms with E-state index in [2.05, 4.69) is 15.7 Å². The number of ether oxygens (including phenoxy) is 1. The minimum atomic E-state index is -0.204. The zero-order valence-electron chi connectivity index (χ0n) is 13.8. The van der Waals surface area contributed by atoms with Crippen molar-refractivity contribution in [2.75, 3.05) is 18.5 Å². The second kappa shape index (κ2) is 8.49. The molecule has 1 aliphatic heterocycles. The van der Waals surface area contributed by atoms with Gasteiger partial charge in [0.2, 0.25) is 0 Å². The van der Waals surface area contributed by atoms with Crippen LogP contribution < -0.4 is 10.6 Å². The third-order valence-corrected chi connectivity index (χ3v) is 4.15. The number of hydrogen-bond donors (Lipinski definition) is 2. The quantitative estimate of drug-likeness (QED) is 0.766. The number of urea groups is 1. The molecule has 0 radical (unpaired) electrons. The predicted octanol–water partition coefficient (Wildman–Crippen LogP) is 3.34.